The zero-order valence-electron chi connectivity index (χ0n) is 10.7. The second-order valence-electron chi connectivity index (χ2n) is 4.53. The van der Waals surface area contributed by atoms with Crippen LogP contribution in [-0.4, -0.2) is 44.2 Å². The molecule has 1 unspecified atom stereocenters. The first-order valence-corrected chi connectivity index (χ1v) is 5.93. The topological polar surface area (TPSA) is 64.8 Å². The molecule has 1 aliphatic heterocycles. The summed E-state index contributed by atoms with van der Waals surface area (Å²) in [5, 5.41) is 0. The van der Waals surface area contributed by atoms with Gasteiger partial charge >= 0.3 is 5.97 Å². The van der Waals surface area contributed by atoms with Crippen molar-refractivity contribution in [1.82, 2.24) is 4.90 Å². The Morgan fingerprint density at radius 1 is 1.50 bits per heavy atom. The van der Waals surface area contributed by atoms with Crippen LogP contribution in [0.1, 0.15) is 16.8 Å². The monoisotopic (exact) mass is 250 g/mol. The Labute approximate surface area is 106 Å². The van der Waals surface area contributed by atoms with Gasteiger partial charge in [0.15, 0.2) is 0 Å². The maximum atomic E-state index is 11.4. The van der Waals surface area contributed by atoms with Crippen molar-refractivity contribution < 1.29 is 14.3 Å². The Morgan fingerprint density at radius 2 is 2.28 bits per heavy atom. The molecule has 1 fully saturated rings. The average molecular weight is 250 g/mol. The fraction of sp³-hybridized carbons (Fsp3) is 0.462. The highest BCUT2D eigenvalue weighted by molar-refractivity contribution is 5.90. The molecule has 1 aromatic carbocycles. The van der Waals surface area contributed by atoms with Crippen molar-refractivity contribution in [3.8, 4) is 5.75 Å². The number of ether oxygens (including phenoxy) is 2. The fourth-order valence-corrected chi connectivity index (χ4v) is 2.05. The van der Waals surface area contributed by atoms with Crippen molar-refractivity contribution in [2.75, 3.05) is 33.0 Å². The van der Waals surface area contributed by atoms with Gasteiger partial charge in [0.2, 0.25) is 0 Å². The molecule has 5 nitrogen and oxygen atoms in total. The van der Waals surface area contributed by atoms with Gasteiger partial charge in [-0.05, 0) is 31.7 Å². The lowest BCUT2D eigenvalue weighted by molar-refractivity contribution is 0.0600. The van der Waals surface area contributed by atoms with E-state index in [1.54, 1.807) is 18.2 Å². The minimum atomic E-state index is -0.386. The molecule has 0 bridgehead atoms. The van der Waals surface area contributed by atoms with Gasteiger partial charge in [0.1, 0.15) is 11.9 Å². The number of likely N-dealkylation sites (N-methyl/N-ethyl adjacent to an activating group) is 1. The van der Waals surface area contributed by atoms with Crippen LogP contribution in [0.15, 0.2) is 18.2 Å². The van der Waals surface area contributed by atoms with E-state index in [0.717, 1.165) is 19.5 Å². The van der Waals surface area contributed by atoms with E-state index >= 15 is 0 Å². The highest BCUT2D eigenvalue weighted by atomic mass is 16.5. The molecule has 1 aliphatic rings. The van der Waals surface area contributed by atoms with Gasteiger partial charge in [0.25, 0.3) is 0 Å². The average Bonchev–Trinajstić information content (AvgIpc) is 2.76. The van der Waals surface area contributed by atoms with Crippen LogP contribution in [0.4, 0.5) is 5.69 Å². The van der Waals surface area contributed by atoms with E-state index in [-0.39, 0.29) is 12.1 Å². The van der Waals surface area contributed by atoms with Gasteiger partial charge in [-0.1, -0.05) is 0 Å². The normalized spacial score (nSPS) is 19.8. The zero-order chi connectivity index (χ0) is 13.1. The van der Waals surface area contributed by atoms with E-state index in [0.29, 0.717) is 17.0 Å². The number of esters is 1. The maximum Gasteiger partial charge on any atom is 0.337 e. The molecule has 0 amide bonds. The molecule has 0 radical (unpaired) electrons. The molecule has 1 heterocycles. The van der Waals surface area contributed by atoms with Gasteiger partial charge in [-0.15, -0.1) is 0 Å². The number of rotatable bonds is 3. The Bertz CT molecular complexity index is 448. The smallest absolute Gasteiger partial charge is 0.337 e. The van der Waals surface area contributed by atoms with Crippen molar-refractivity contribution in [2.45, 2.75) is 12.5 Å². The fourth-order valence-electron chi connectivity index (χ4n) is 2.05. The number of nitrogens with two attached hydrogens (primary N) is 1. The molecule has 1 atom stereocenters. The third-order valence-corrected chi connectivity index (χ3v) is 3.08. The van der Waals surface area contributed by atoms with Gasteiger partial charge in [-0.3, -0.25) is 0 Å². The molecular weight excluding hydrogens is 232 g/mol. The SMILES string of the molecule is COC(=O)c1ccc(N)c(OC2CCN(C)C2)c1. The lowest BCUT2D eigenvalue weighted by atomic mass is 10.2. The van der Waals surface area contributed by atoms with Crippen LogP contribution in [0, 0.1) is 0 Å². The summed E-state index contributed by atoms with van der Waals surface area (Å²) < 4.78 is 10.5. The quantitative estimate of drug-likeness (QED) is 0.643. The first-order valence-electron chi connectivity index (χ1n) is 5.93. The van der Waals surface area contributed by atoms with Gasteiger partial charge in [0, 0.05) is 13.1 Å². The Balaban J connectivity index is 2.13. The second-order valence-corrected chi connectivity index (χ2v) is 4.53. The summed E-state index contributed by atoms with van der Waals surface area (Å²) in [4.78, 5) is 13.6. The van der Waals surface area contributed by atoms with Crippen molar-refractivity contribution >= 4 is 11.7 Å². The number of nitrogens with zero attached hydrogens (tertiary/aromatic N) is 1. The molecule has 2 rings (SSSR count). The lowest BCUT2D eigenvalue weighted by Gasteiger charge is -2.16. The molecule has 5 heteroatoms. The van der Waals surface area contributed by atoms with E-state index in [2.05, 4.69) is 16.7 Å². The number of carbonyl (C=O) groups is 1. The maximum absolute atomic E-state index is 11.4. The van der Waals surface area contributed by atoms with Gasteiger partial charge in [-0.2, -0.15) is 0 Å². The summed E-state index contributed by atoms with van der Waals surface area (Å²) in [5.41, 5.74) is 6.84. The first kappa shape index (κ1) is 12.7. The van der Waals surface area contributed by atoms with Gasteiger partial charge < -0.3 is 20.1 Å². The third-order valence-electron chi connectivity index (χ3n) is 3.08. The molecule has 0 aromatic heterocycles. The highest BCUT2D eigenvalue weighted by Crippen LogP contribution is 2.26. The van der Waals surface area contributed by atoms with Crippen LogP contribution >= 0.6 is 0 Å². The molecule has 0 spiro atoms. The molecule has 0 aliphatic carbocycles. The number of carbonyl (C=O) groups excluding carboxylic acids is 1. The van der Waals surface area contributed by atoms with Gasteiger partial charge in [0.05, 0.1) is 18.4 Å². The van der Waals surface area contributed by atoms with Crippen molar-refractivity contribution in [3.05, 3.63) is 23.8 Å². The third kappa shape index (κ3) is 2.73. The summed E-state index contributed by atoms with van der Waals surface area (Å²) in [5.74, 6) is 0.168. The summed E-state index contributed by atoms with van der Waals surface area (Å²) in [6.45, 7) is 1.89. The molecule has 1 aromatic rings. The van der Waals surface area contributed by atoms with E-state index in [4.69, 9.17) is 10.5 Å². The number of methoxy groups -OCH3 is 1. The highest BCUT2D eigenvalue weighted by Gasteiger charge is 2.22. The molecule has 2 N–H and O–H groups in total. The number of hydrogen-bond acceptors (Lipinski definition) is 5. The van der Waals surface area contributed by atoms with Crippen molar-refractivity contribution in [3.63, 3.8) is 0 Å². The number of benzene rings is 1. The first-order chi connectivity index (χ1) is 8.60. The number of likely N-dealkylation sites (tertiary alicyclic amines) is 1. The Morgan fingerprint density at radius 3 is 2.89 bits per heavy atom. The second kappa shape index (κ2) is 5.27. The van der Waals surface area contributed by atoms with Crippen LogP contribution < -0.4 is 10.5 Å². The number of anilines is 1. The van der Waals surface area contributed by atoms with E-state index in [1.165, 1.54) is 7.11 Å². The van der Waals surface area contributed by atoms with Crippen LogP contribution in [0.25, 0.3) is 0 Å². The van der Waals surface area contributed by atoms with E-state index in [9.17, 15) is 4.79 Å². The zero-order valence-corrected chi connectivity index (χ0v) is 10.7. The number of nitrogen functional groups attached to an aromatic ring is 1. The van der Waals surface area contributed by atoms with Crippen LogP contribution in [0.3, 0.4) is 0 Å². The van der Waals surface area contributed by atoms with Gasteiger partial charge in [-0.25, -0.2) is 4.79 Å². The van der Waals surface area contributed by atoms with Crippen LogP contribution in [0.2, 0.25) is 0 Å². The molecule has 0 saturated carbocycles. The summed E-state index contributed by atoms with van der Waals surface area (Å²) >= 11 is 0. The summed E-state index contributed by atoms with van der Waals surface area (Å²) in [7, 11) is 3.41. The standard InChI is InChI=1S/C13H18N2O3/c1-15-6-5-10(8-15)18-12-7-9(13(16)17-2)3-4-11(12)14/h3-4,7,10H,5-6,8,14H2,1-2H3. The predicted molar refractivity (Wildman–Crippen MR) is 68.7 cm³/mol. The largest absolute Gasteiger partial charge is 0.487 e. The molecule has 18 heavy (non-hydrogen) atoms. The van der Waals surface area contributed by atoms with Crippen LogP contribution in [0.5, 0.6) is 5.75 Å². The van der Waals surface area contributed by atoms with Crippen molar-refractivity contribution in [2.24, 2.45) is 0 Å². The van der Waals surface area contributed by atoms with Crippen molar-refractivity contribution in [1.29, 1.82) is 0 Å². The molecule has 1 saturated heterocycles. The predicted octanol–water partition coefficient (Wildman–Crippen LogP) is 1.14. The Kier molecular flexibility index (Phi) is 3.72. The van der Waals surface area contributed by atoms with Crippen LogP contribution in [-0.2, 0) is 4.74 Å². The minimum absolute atomic E-state index is 0.130. The molecular formula is C13H18N2O3. The molecule has 98 valence electrons. The minimum Gasteiger partial charge on any atom is -0.487 e. The lowest BCUT2D eigenvalue weighted by Crippen LogP contribution is -2.22. The van der Waals surface area contributed by atoms with E-state index < -0.39 is 0 Å². The van der Waals surface area contributed by atoms with E-state index in [1.807, 2.05) is 0 Å². The number of hydrogen-bond donors (Lipinski definition) is 1. The Hall–Kier alpha value is -1.75. The summed E-state index contributed by atoms with van der Waals surface area (Å²) in [6.07, 6.45) is 1.10. The summed E-state index contributed by atoms with van der Waals surface area (Å²) in [6, 6.07) is 4.94.